The van der Waals surface area contributed by atoms with Gasteiger partial charge in [0.1, 0.15) is 0 Å². The first-order chi connectivity index (χ1) is 15.4. The van der Waals surface area contributed by atoms with Crippen molar-refractivity contribution in [2.45, 2.75) is 24.9 Å². The minimum absolute atomic E-state index is 0.105. The minimum atomic E-state index is -4.37. The molecule has 1 amide bonds. The highest BCUT2D eigenvalue weighted by Gasteiger charge is 2.32. The Morgan fingerprint density at radius 2 is 1.72 bits per heavy atom. The van der Waals surface area contributed by atoms with Crippen LogP contribution in [0.15, 0.2) is 53.1 Å². The Morgan fingerprint density at radius 3 is 2.38 bits per heavy atom. The van der Waals surface area contributed by atoms with Gasteiger partial charge in [-0.2, -0.15) is 18.2 Å². The molecule has 1 saturated carbocycles. The van der Waals surface area contributed by atoms with E-state index < -0.39 is 11.7 Å². The largest absolute Gasteiger partial charge is 0.416 e. The lowest BCUT2D eigenvalue weighted by molar-refractivity contribution is -0.137. The number of piperazine rings is 1. The number of hydrogen-bond donors (Lipinski definition) is 0. The summed E-state index contributed by atoms with van der Waals surface area (Å²) in [5.41, 5.74) is 1.18. The zero-order chi connectivity index (χ0) is 22.3. The molecule has 166 valence electrons. The first-order valence-electron chi connectivity index (χ1n) is 10.5. The van der Waals surface area contributed by atoms with Gasteiger partial charge in [0.2, 0.25) is 11.7 Å². The molecule has 0 radical (unpaired) electrons. The van der Waals surface area contributed by atoms with E-state index >= 15 is 0 Å². The third kappa shape index (κ3) is 4.19. The molecule has 9 heteroatoms. The molecule has 32 heavy (non-hydrogen) atoms. The quantitative estimate of drug-likeness (QED) is 0.591. The second-order valence-electron chi connectivity index (χ2n) is 8.14. The lowest BCUT2D eigenvalue weighted by Gasteiger charge is -2.36. The van der Waals surface area contributed by atoms with Crippen LogP contribution in [0, 0.1) is 0 Å². The van der Waals surface area contributed by atoms with Crippen LogP contribution < -0.4 is 4.90 Å². The highest BCUT2D eigenvalue weighted by atomic mass is 19.4. The van der Waals surface area contributed by atoms with Crippen LogP contribution in [0.25, 0.3) is 11.4 Å². The van der Waals surface area contributed by atoms with Gasteiger partial charge in [-0.15, -0.1) is 0 Å². The molecule has 0 bridgehead atoms. The van der Waals surface area contributed by atoms with Crippen molar-refractivity contribution in [3.8, 4) is 11.4 Å². The predicted molar refractivity (Wildman–Crippen MR) is 111 cm³/mol. The molecule has 1 aromatic heterocycles. The van der Waals surface area contributed by atoms with Crippen LogP contribution in [0.3, 0.4) is 0 Å². The summed E-state index contributed by atoms with van der Waals surface area (Å²) >= 11 is 0. The summed E-state index contributed by atoms with van der Waals surface area (Å²) in [6.45, 7) is 1.81. The Bertz CT molecular complexity index is 1110. The van der Waals surface area contributed by atoms with Gasteiger partial charge in [0, 0.05) is 48.9 Å². The molecule has 1 saturated heterocycles. The van der Waals surface area contributed by atoms with Crippen LogP contribution in [0.4, 0.5) is 18.9 Å². The average molecular weight is 442 g/mol. The maximum atomic E-state index is 13.0. The third-order valence-corrected chi connectivity index (χ3v) is 5.86. The number of carbonyl (C=O) groups excluding carboxylic acids is 1. The van der Waals surface area contributed by atoms with Crippen LogP contribution in [0.5, 0.6) is 0 Å². The number of hydrogen-bond acceptors (Lipinski definition) is 5. The van der Waals surface area contributed by atoms with Gasteiger partial charge in [-0.05, 0) is 43.2 Å². The molecule has 0 N–H and O–H groups in total. The highest BCUT2D eigenvalue weighted by molar-refractivity contribution is 5.94. The van der Waals surface area contributed by atoms with Crippen molar-refractivity contribution in [2.24, 2.45) is 0 Å². The molecule has 1 aliphatic heterocycles. The number of amides is 1. The maximum absolute atomic E-state index is 13.0. The van der Waals surface area contributed by atoms with Crippen LogP contribution >= 0.6 is 0 Å². The SMILES string of the molecule is O=C(c1ccc(-c2noc(C3CC3)n2)cc1)N1CCN(c2cccc(C(F)(F)F)c2)CC1. The van der Waals surface area contributed by atoms with Crippen LogP contribution in [0.1, 0.15) is 40.6 Å². The van der Waals surface area contributed by atoms with E-state index in [2.05, 4.69) is 10.1 Å². The second kappa shape index (κ2) is 7.96. The summed E-state index contributed by atoms with van der Waals surface area (Å²) in [6, 6.07) is 12.4. The van der Waals surface area contributed by atoms with Crippen molar-refractivity contribution in [3.63, 3.8) is 0 Å². The summed E-state index contributed by atoms with van der Waals surface area (Å²) < 4.78 is 44.2. The van der Waals surface area contributed by atoms with Crippen molar-refractivity contribution in [1.29, 1.82) is 0 Å². The monoisotopic (exact) mass is 442 g/mol. The molecule has 6 nitrogen and oxygen atoms in total. The molecular formula is C23H21F3N4O2. The number of aromatic nitrogens is 2. The van der Waals surface area contributed by atoms with Crippen molar-refractivity contribution in [2.75, 3.05) is 31.1 Å². The first-order valence-corrected chi connectivity index (χ1v) is 10.5. The molecule has 2 fully saturated rings. The first kappa shape index (κ1) is 20.5. The van der Waals surface area contributed by atoms with Crippen LogP contribution in [-0.4, -0.2) is 47.1 Å². The molecule has 2 aliphatic rings. The van der Waals surface area contributed by atoms with Gasteiger partial charge in [0.15, 0.2) is 0 Å². The summed E-state index contributed by atoms with van der Waals surface area (Å²) in [4.78, 5) is 20.9. The van der Waals surface area contributed by atoms with Crippen molar-refractivity contribution >= 4 is 11.6 Å². The topological polar surface area (TPSA) is 62.5 Å². The van der Waals surface area contributed by atoms with Gasteiger partial charge in [-0.1, -0.05) is 23.4 Å². The van der Waals surface area contributed by atoms with Gasteiger partial charge >= 0.3 is 6.18 Å². The number of carbonyl (C=O) groups is 1. The number of benzene rings is 2. The molecule has 2 heterocycles. The highest BCUT2D eigenvalue weighted by Crippen LogP contribution is 2.39. The summed E-state index contributed by atoms with van der Waals surface area (Å²) in [5.74, 6) is 1.46. The van der Waals surface area contributed by atoms with Crippen molar-refractivity contribution in [3.05, 3.63) is 65.5 Å². The molecule has 0 spiro atoms. The molecule has 0 unspecified atom stereocenters. The number of rotatable bonds is 4. The van der Waals surface area contributed by atoms with Gasteiger partial charge in [-0.3, -0.25) is 4.79 Å². The third-order valence-electron chi connectivity index (χ3n) is 5.86. The fourth-order valence-electron chi connectivity index (χ4n) is 3.84. The molecule has 2 aromatic carbocycles. The van der Waals surface area contributed by atoms with E-state index in [-0.39, 0.29) is 5.91 Å². The predicted octanol–water partition coefficient (Wildman–Crippen LogP) is 4.60. The van der Waals surface area contributed by atoms with Crippen LogP contribution in [-0.2, 0) is 6.18 Å². The van der Waals surface area contributed by atoms with E-state index in [1.807, 2.05) is 4.90 Å². The maximum Gasteiger partial charge on any atom is 0.416 e. The zero-order valence-corrected chi connectivity index (χ0v) is 17.2. The molecule has 5 rings (SSSR count). The molecule has 0 atom stereocenters. The van der Waals surface area contributed by atoms with E-state index in [1.54, 1.807) is 35.2 Å². The lowest BCUT2D eigenvalue weighted by Crippen LogP contribution is -2.48. The second-order valence-corrected chi connectivity index (χ2v) is 8.14. The number of halogens is 3. The molecule has 1 aliphatic carbocycles. The molecular weight excluding hydrogens is 421 g/mol. The van der Waals surface area contributed by atoms with E-state index in [0.29, 0.717) is 55.1 Å². The fourth-order valence-corrected chi connectivity index (χ4v) is 3.84. The van der Waals surface area contributed by atoms with E-state index in [9.17, 15) is 18.0 Å². The Kier molecular flexibility index (Phi) is 5.11. The fraction of sp³-hybridized carbons (Fsp3) is 0.348. The van der Waals surface area contributed by atoms with Crippen molar-refractivity contribution < 1.29 is 22.5 Å². The normalized spacial score (nSPS) is 17.0. The molecule has 3 aromatic rings. The number of anilines is 1. The summed E-state index contributed by atoms with van der Waals surface area (Å²) in [7, 11) is 0. The average Bonchev–Trinajstić information content (AvgIpc) is 3.55. The number of nitrogens with zero attached hydrogens (tertiary/aromatic N) is 4. The Morgan fingerprint density at radius 1 is 1.00 bits per heavy atom. The van der Waals surface area contributed by atoms with Gasteiger partial charge in [0.25, 0.3) is 5.91 Å². The number of alkyl halides is 3. The standard InChI is InChI=1S/C23H21F3N4O2/c24-23(25,26)18-2-1-3-19(14-18)29-10-12-30(13-11-29)22(31)17-8-4-15(5-9-17)20-27-21(32-28-20)16-6-7-16/h1-5,8-9,14,16H,6-7,10-13H2. The Balaban J connectivity index is 1.21. The van der Waals surface area contributed by atoms with Gasteiger partial charge < -0.3 is 14.3 Å². The zero-order valence-electron chi connectivity index (χ0n) is 17.2. The van der Waals surface area contributed by atoms with Gasteiger partial charge in [-0.25, -0.2) is 0 Å². The van der Waals surface area contributed by atoms with E-state index in [1.165, 1.54) is 6.07 Å². The summed E-state index contributed by atoms with van der Waals surface area (Å²) in [5, 5.41) is 4.01. The van der Waals surface area contributed by atoms with Crippen LogP contribution in [0.2, 0.25) is 0 Å². The smallest absolute Gasteiger partial charge is 0.368 e. The Hall–Kier alpha value is -3.36. The lowest BCUT2D eigenvalue weighted by atomic mass is 10.1. The minimum Gasteiger partial charge on any atom is -0.368 e. The Labute approximate surface area is 182 Å². The van der Waals surface area contributed by atoms with Gasteiger partial charge in [0.05, 0.1) is 5.56 Å². The van der Waals surface area contributed by atoms with Crippen molar-refractivity contribution in [1.82, 2.24) is 15.0 Å². The summed E-state index contributed by atoms with van der Waals surface area (Å²) in [6.07, 6.45) is -2.22. The van der Waals surface area contributed by atoms with E-state index in [4.69, 9.17) is 4.52 Å². The van der Waals surface area contributed by atoms with E-state index in [0.717, 1.165) is 30.5 Å².